The molecule has 3 rings (SSSR count). The minimum atomic E-state index is -0.434. The Morgan fingerprint density at radius 2 is 2.00 bits per heavy atom. The normalized spacial score (nSPS) is 10.6. The van der Waals surface area contributed by atoms with Crippen LogP contribution in [0.5, 0.6) is 0 Å². The van der Waals surface area contributed by atoms with Crippen LogP contribution in [-0.2, 0) is 0 Å². The van der Waals surface area contributed by atoms with Gasteiger partial charge in [-0.3, -0.25) is 14.9 Å². The van der Waals surface area contributed by atoms with Gasteiger partial charge in [-0.25, -0.2) is 4.39 Å². The minimum absolute atomic E-state index is 0.176. The zero-order valence-corrected chi connectivity index (χ0v) is 9.72. The monoisotopic (exact) mass is 256 g/mol. The van der Waals surface area contributed by atoms with Crippen LogP contribution in [0.3, 0.4) is 0 Å². The molecule has 0 saturated carbocycles. The Labute approximate surface area is 107 Å². The smallest absolute Gasteiger partial charge is 0.256 e. The number of benzene rings is 1. The zero-order valence-electron chi connectivity index (χ0n) is 9.72. The number of aromatic nitrogens is 3. The number of hydrogen-bond donors (Lipinski definition) is 2. The van der Waals surface area contributed by atoms with Crippen LogP contribution in [0.15, 0.2) is 42.7 Å². The van der Waals surface area contributed by atoms with Gasteiger partial charge in [0, 0.05) is 18.0 Å². The van der Waals surface area contributed by atoms with Crippen molar-refractivity contribution in [1.82, 2.24) is 15.2 Å². The number of amides is 1. The highest BCUT2D eigenvalue weighted by molar-refractivity contribution is 6.07. The second-order valence-corrected chi connectivity index (χ2v) is 3.92. The number of hydrogen-bond acceptors (Lipinski definition) is 3. The van der Waals surface area contributed by atoms with E-state index in [0.717, 1.165) is 0 Å². The third kappa shape index (κ3) is 2.03. The highest BCUT2D eigenvalue weighted by Crippen LogP contribution is 2.23. The van der Waals surface area contributed by atoms with Gasteiger partial charge in [-0.15, -0.1) is 0 Å². The Bertz CT molecular complexity index is 739. The van der Waals surface area contributed by atoms with Crippen molar-refractivity contribution in [2.75, 3.05) is 5.32 Å². The Morgan fingerprint density at radius 1 is 1.21 bits per heavy atom. The molecular formula is C13H9FN4O. The van der Waals surface area contributed by atoms with Crippen LogP contribution < -0.4 is 5.32 Å². The van der Waals surface area contributed by atoms with Gasteiger partial charge < -0.3 is 5.32 Å². The molecule has 2 aromatic heterocycles. The SMILES string of the molecule is O=C(Nc1n[nH]c2cccc(F)c12)c1ccncc1. The van der Waals surface area contributed by atoms with E-state index in [1.807, 2.05) is 0 Å². The average Bonchev–Trinajstić information content (AvgIpc) is 2.84. The molecule has 0 unspecified atom stereocenters. The number of fused-ring (bicyclic) bond motifs is 1. The van der Waals surface area contributed by atoms with Crippen LogP contribution in [0.1, 0.15) is 10.4 Å². The number of rotatable bonds is 2. The second kappa shape index (κ2) is 4.49. The number of nitrogens with one attached hydrogen (secondary N) is 2. The molecule has 0 fully saturated rings. The van der Waals surface area contributed by atoms with Crippen molar-refractivity contribution in [3.8, 4) is 0 Å². The summed E-state index contributed by atoms with van der Waals surface area (Å²) in [5.41, 5.74) is 0.965. The van der Waals surface area contributed by atoms with Gasteiger partial charge in [-0.05, 0) is 24.3 Å². The molecule has 0 aliphatic carbocycles. The molecule has 0 bridgehead atoms. The number of aromatic amines is 1. The highest BCUT2D eigenvalue weighted by Gasteiger charge is 2.13. The van der Waals surface area contributed by atoms with Crippen molar-refractivity contribution in [1.29, 1.82) is 0 Å². The van der Waals surface area contributed by atoms with E-state index in [2.05, 4.69) is 20.5 Å². The van der Waals surface area contributed by atoms with Gasteiger partial charge in [0.1, 0.15) is 5.82 Å². The van der Waals surface area contributed by atoms with Crippen LogP contribution in [0.2, 0.25) is 0 Å². The molecule has 2 heterocycles. The summed E-state index contributed by atoms with van der Waals surface area (Å²) in [5, 5.41) is 9.42. The van der Waals surface area contributed by atoms with E-state index in [-0.39, 0.29) is 17.1 Å². The van der Waals surface area contributed by atoms with Crippen molar-refractivity contribution in [2.45, 2.75) is 0 Å². The van der Waals surface area contributed by atoms with E-state index in [1.54, 1.807) is 24.3 Å². The lowest BCUT2D eigenvalue weighted by Crippen LogP contribution is -2.12. The van der Waals surface area contributed by atoms with Crippen LogP contribution in [0.25, 0.3) is 10.9 Å². The van der Waals surface area contributed by atoms with Crippen LogP contribution in [0, 0.1) is 5.82 Å². The molecule has 94 valence electrons. The first-order valence-electron chi connectivity index (χ1n) is 5.59. The molecule has 0 spiro atoms. The lowest BCUT2D eigenvalue weighted by molar-refractivity contribution is 0.102. The number of nitrogens with zero attached hydrogens (tertiary/aromatic N) is 2. The summed E-state index contributed by atoms with van der Waals surface area (Å²) in [6.45, 7) is 0. The largest absolute Gasteiger partial charge is 0.304 e. The first kappa shape index (κ1) is 11.3. The van der Waals surface area contributed by atoms with E-state index >= 15 is 0 Å². The molecular weight excluding hydrogens is 247 g/mol. The lowest BCUT2D eigenvalue weighted by Gasteiger charge is -2.02. The number of carbonyl (C=O) groups is 1. The Morgan fingerprint density at radius 3 is 2.79 bits per heavy atom. The third-order valence-corrected chi connectivity index (χ3v) is 2.71. The van der Waals surface area contributed by atoms with Gasteiger partial charge >= 0.3 is 0 Å². The molecule has 1 amide bonds. The van der Waals surface area contributed by atoms with Gasteiger partial charge in [0.25, 0.3) is 5.91 Å². The van der Waals surface area contributed by atoms with Crippen molar-refractivity contribution in [3.63, 3.8) is 0 Å². The Balaban J connectivity index is 1.96. The summed E-state index contributed by atoms with van der Waals surface area (Å²) in [7, 11) is 0. The van der Waals surface area contributed by atoms with E-state index in [0.29, 0.717) is 11.1 Å². The third-order valence-electron chi connectivity index (χ3n) is 2.71. The molecule has 3 aromatic rings. The predicted octanol–water partition coefficient (Wildman–Crippen LogP) is 2.35. The first-order chi connectivity index (χ1) is 9.25. The van der Waals surface area contributed by atoms with Crippen LogP contribution in [-0.4, -0.2) is 21.1 Å². The Kier molecular flexibility index (Phi) is 2.68. The maximum absolute atomic E-state index is 13.7. The molecule has 19 heavy (non-hydrogen) atoms. The Hall–Kier alpha value is -2.76. The number of H-pyrrole nitrogens is 1. The van der Waals surface area contributed by atoms with Gasteiger partial charge in [-0.1, -0.05) is 6.07 Å². The predicted molar refractivity (Wildman–Crippen MR) is 68.2 cm³/mol. The molecule has 5 nitrogen and oxygen atoms in total. The zero-order chi connectivity index (χ0) is 13.2. The van der Waals surface area contributed by atoms with Crippen molar-refractivity contribution >= 4 is 22.6 Å². The lowest BCUT2D eigenvalue weighted by atomic mass is 10.2. The molecule has 6 heteroatoms. The molecule has 1 aromatic carbocycles. The number of anilines is 1. The van der Waals surface area contributed by atoms with E-state index < -0.39 is 5.82 Å². The van der Waals surface area contributed by atoms with E-state index in [9.17, 15) is 9.18 Å². The highest BCUT2D eigenvalue weighted by atomic mass is 19.1. The molecule has 0 saturated heterocycles. The van der Waals surface area contributed by atoms with Crippen LogP contribution >= 0.6 is 0 Å². The van der Waals surface area contributed by atoms with Crippen molar-refractivity contribution in [2.24, 2.45) is 0 Å². The number of carbonyl (C=O) groups excluding carboxylic acids is 1. The second-order valence-electron chi connectivity index (χ2n) is 3.92. The van der Waals surface area contributed by atoms with Gasteiger partial charge in [0.2, 0.25) is 0 Å². The number of pyridine rings is 1. The summed E-state index contributed by atoms with van der Waals surface area (Å²) in [6.07, 6.45) is 3.02. The molecule has 0 radical (unpaired) electrons. The fourth-order valence-electron chi connectivity index (χ4n) is 1.80. The van der Waals surface area contributed by atoms with Gasteiger partial charge in [0.15, 0.2) is 5.82 Å². The summed E-state index contributed by atoms with van der Waals surface area (Å²) in [5.74, 6) is -0.620. The molecule has 0 aliphatic heterocycles. The average molecular weight is 256 g/mol. The molecule has 0 atom stereocenters. The molecule has 0 aliphatic rings. The molecule has 2 N–H and O–H groups in total. The van der Waals surface area contributed by atoms with E-state index in [4.69, 9.17) is 0 Å². The summed E-state index contributed by atoms with van der Waals surface area (Å²) in [4.78, 5) is 15.8. The van der Waals surface area contributed by atoms with Gasteiger partial charge in [0.05, 0.1) is 10.9 Å². The quantitative estimate of drug-likeness (QED) is 0.739. The standard InChI is InChI=1S/C13H9FN4O/c14-9-2-1-3-10-11(9)12(18-17-10)16-13(19)8-4-6-15-7-5-8/h1-7H,(H2,16,17,18,19). The topological polar surface area (TPSA) is 70.7 Å². The fourth-order valence-corrected chi connectivity index (χ4v) is 1.80. The van der Waals surface area contributed by atoms with Crippen molar-refractivity contribution in [3.05, 3.63) is 54.1 Å². The van der Waals surface area contributed by atoms with E-state index in [1.165, 1.54) is 18.5 Å². The maximum atomic E-state index is 13.7. The number of halogens is 1. The van der Waals surface area contributed by atoms with Crippen LogP contribution in [0.4, 0.5) is 10.2 Å². The summed E-state index contributed by atoms with van der Waals surface area (Å²) >= 11 is 0. The summed E-state index contributed by atoms with van der Waals surface area (Å²) < 4.78 is 13.7. The first-order valence-corrected chi connectivity index (χ1v) is 5.59. The minimum Gasteiger partial charge on any atom is -0.304 e. The fraction of sp³-hybridized carbons (Fsp3) is 0. The summed E-state index contributed by atoms with van der Waals surface area (Å²) in [6, 6.07) is 7.72. The van der Waals surface area contributed by atoms with Crippen molar-refractivity contribution < 1.29 is 9.18 Å². The maximum Gasteiger partial charge on any atom is 0.256 e. The van der Waals surface area contributed by atoms with Gasteiger partial charge in [-0.2, -0.15) is 5.10 Å².